The number of aryl methyl sites for hydroxylation is 2. The molecule has 0 aromatic heterocycles. The molecule has 0 spiro atoms. The molecule has 0 radical (unpaired) electrons. The van der Waals surface area contributed by atoms with Crippen molar-refractivity contribution in [2.75, 3.05) is 26.7 Å². The summed E-state index contributed by atoms with van der Waals surface area (Å²) in [7, 11) is 2.00. The van der Waals surface area contributed by atoms with Crippen molar-refractivity contribution in [1.82, 2.24) is 10.2 Å². The fraction of sp³-hybridized carbons (Fsp3) is 0.588. The highest BCUT2D eigenvalue weighted by atomic mass is 35.5. The minimum Gasteiger partial charge on any atom is -0.343 e. The molecule has 0 atom stereocenters. The van der Waals surface area contributed by atoms with Gasteiger partial charge in [-0.25, -0.2) is 0 Å². The van der Waals surface area contributed by atoms with E-state index in [9.17, 15) is 4.79 Å². The van der Waals surface area contributed by atoms with Gasteiger partial charge in [0.25, 0.3) is 0 Å². The fourth-order valence-corrected chi connectivity index (χ4v) is 2.84. The maximum Gasteiger partial charge on any atom is 0.222 e. The minimum atomic E-state index is 0. The SMILES string of the molecule is CNCC1CCN(C(=O)CCc2ccc(C)cc2)CC1.Cl. The lowest BCUT2D eigenvalue weighted by molar-refractivity contribution is -0.132. The zero-order valence-corrected chi connectivity index (χ0v) is 13.9. The molecule has 0 saturated carbocycles. The van der Waals surface area contributed by atoms with Crippen LogP contribution in [0.15, 0.2) is 24.3 Å². The molecule has 1 aliphatic heterocycles. The van der Waals surface area contributed by atoms with Gasteiger partial charge in [-0.15, -0.1) is 12.4 Å². The van der Waals surface area contributed by atoms with Gasteiger partial charge in [-0.3, -0.25) is 4.79 Å². The molecule has 1 aromatic carbocycles. The van der Waals surface area contributed by atoms with Crippen molar-refractivity contribution in [1.29, 1.82) is 0 Å². The quantitative estimate of drug-likeness (QED) is 0.907. The number of halogens is 1. The second kappa shape index (κ2) is 9.06. The van der Waals surface area contributed by atoms with Crippen LogP contribution in [0.5, 0.6) is 0 Å². The molecule has 21 heavy (non-hydrogen) atoms. The fourth-order valence-electron chi connectivity index (χ4n) is 2.84. The van der Waals surface area contributed by atoms with E-state index in [0.717, 1.165) is 44.8 Å². The molecule has 1 heterocycles. The van der Waals surface area contributed by atoms with Crippen molar-refractivity contribution >= 4 is 18.3 Å². The van der Waals surface area contributed by atoms with Crippen LogP contribution in [0, 0.1) is 12.8 Å². The van der Waals surface area contributed by atoms with E-state index in [4.69, 9.17) is 0 Å². The van der Waals surface area contributed by atoms with Crippen molar-refractivity contribution in [3.05, 3.63) is 35.4 Å². The molecule has 1 fully saturated rings. The van der Waals surface area contributed by atoms with E-state index in [1.807, 2.05) is 11.9 Å². The summed E-state index contributed by atoms with van der Waals surface area (Å²) in [6, 6.07) is 8.48. The Morgan fingerprint density at radius 1 is 1.24 bits per heavy atom. The monoisotopic (exact) mass is 310 g/mol. The number of carbonyl (C=O) groups is 1. The predicted octanol–water partition coefficient (Wildman–Crippen LogP) is 2.81. The zero-order chi connectivity index (χ0) is 14.4. The Hall–Kier alpha value is -1.06. The Morgan fingerprint density at radius 2 is 1.86 bits per heavy atom. The van der Waals surface area contributed by atoms with Crippen molar-refractivity contribution in [2.45, 2.75) is 32.6 Å². The minimum absolute atomic E-state index is 0. The summed E-state index contributed by atoms with van der Waals surface area (Å²) in [5.74, 6) is 1.05. The number of hydrogen-bond donors (Lipinski definition) is 1. The molecule has 118 valence electrons. The van der Waals surface area contributed by atoms with Gasteiger partial charge < -0.3 is 10.2 Å². The number of nitrogens with zero attached hydrogens (tertiary/aromatic N) is 1. The van der Waals surface area contributed by atoms with Crippen molar-refractivity contribution < 1.29 is 4.79 Å². The van der Waals surface area contributed by atoms with E-state index in [1.54, 1.807) is 0 Å². The largest absolute Gasteiger partial charge is 0.343 e. The van der Waals surface area contributed by atoms with Crippen LogP contribution in [-0.4, -0.2) is 37.5 Å². The predicted molar refractivity (Wildman–Crippen MR) is 90.0 cm³/mol. The summed E-state index contributed by atoms with van der Waals surface area (Å²) in [5.41, 5.74) is 2.53. The first-order chi connectivity index (χ1) is 9.69. The van der Waals surface area contributed by atoms with Crippen LogP contribution in [0.1, 0.15) is 30.4 Å². The first kappa shape index (κ1) is 18.0. The summed E-state index contributed by atoms with van der Waals surface area (Å²) < 4.78 is 0. The Balaban J connectivity index is 0.00000220. The molecule has 0 aliphatic carbocycles. The number of likely N-dealkylation sites (tertiary alicyclic amines) is 1. The summed E-state index contributed by atoms with van der Waals surface area (Å²) in [6.45, 7) is 5.02. The first-order valence-electron chi connectivity index (χ1n) is 7.67. The van der Waals surface area contributed by atoms with Crippen molar-refractivity contribution in [3.8, 4) is 0 Å². The number of piperidine rings is 1. The number of nitrogens with one attached hydrogen (secondary N) is 1. The molecule has 1 saturated heterocycles. The standard InChI is InChI=1S/C17H26N2O.ClH/c1-14-3-5-15(6-4-14)7-8-17(20)19-11-9-16(10-12-19)13-18-2;/h3-6,16,18H,7-13H2,1-2H3;1H. The summed E-state index contributed by atoms with van der Waals surface area (Å²) >= 11 is 0. The second-order valence-electron chi connectivity index (χ2n) is 5.87. The molecule has 3 nitrogen and oxygen atoms in total. The van der Waals surface area contributed by atoms with Gasteiger partial charge in [-0.2, -0.15) is 0 Å². The number of amides is 1. The van der Waals surface area contributed by atoms with E-state index < -0.39 is 0 Å². The van der Waals surface area contributed by atoms with E-state index >= 15 is 0 Å². The van der Waals surface area contributed by atoms with Gasteiger partial charge >= 0.3 is 0 Å². The average Bonchev–Trinajstić information content (AvgIpc) is 2.47. The zero-order valence-electron chi connectivity index (χ0n) is 13.1. The van der Waals surface area contributed by atoms with Crippen LogP contribution >= 0.6 is 12.4 Å². The first-order valence-corrected chi connectivity index (χ1v) is 7.67. The van der Waals surface area contributed by atoms with Crippen LogP contribution in [-0.2, 0) is 11.2 Å². The number of carbonyl (C=O) groups excluding carboxylic acids is 1. The number of benzene rings is 1. The summed E-state index contributed by atoms with van der Waals surface area (Å²) in [5, 5.41) is 3.23. The lowest BCUT2D eigenvalue weighted by Crippen LogP contribution is -2.40. The molecule has 0 unspecified atom stereocenters. The van der Waals surface area contributed by atoms with Crippen molar-refractivity contribution in [3.63, 3.8) is 0 Å². The van der Waals surface area contributed by atoms with Crippen molar-refractivity contribution in [2.24, 2.45) is 5.92 Å². The van der Waals surface area contributed by atoms with Gasteiger partial charge in [0, 0.05) is 19.5 Å². The van der Waals surface area contributed by atoms with Gasteiger partial charge in [0.1, 0.15) is 0 Å². The number of rotatable bonds is 5. The van der Waals surface area contributed by atoms with Gasteiger partial charge in [0.2, 0.25) is 5.91 Å². The molecular formula is C17H27ClN2O. The van der Waals surface area contributed by atoms with E-state index in [0.29, 0.717) is 12.3 Å². The smallest absolute Gasteiger partial charge is 0.222 e. The summed E-state index contributed by atoms with van der Waals surface area (Å²) in [4.78, 5) is 14.3. The highest BCUT2D eigenvalue weighted by molar-refractivity contribution is 5.85. The van der Waals surface area contributed by atoms with E-state index in [2.05, 4.69) is 36.5 Å². The third-order valence-electron chi connectivity index (χ3n) is 4.21. The maximum atomic E-state index is 12.2. The summed E-state index contributed by atoms with van der Waals surface area (Å²) in [6.07, 6.45) is 3.77. The highest BCUT2D eigenvalue weighted by Crippen LogP contribution is 2.17. The van der Waals surface area contributed by atoms with Gasteiger partial charge in [-0.05, 0) is 51.3 Å². The van der Waals surface area contributed by atoms with Gasteiger partial charge in [-0.1, -0.05) is 29.8 Å². The van der Waals surface area contributed by atoms with Crippen LogP contribution in [0.25, 0.3) is 0 Å². The average molecular weight is 311 g/mol. The molecule has 1 aromatic rings. The Kier molecular flexibility index (Phi) is 7.76. The molecule has 4 heteroatoms. The Labute approximate surface area is 134 Å². The Morgan fingerprint density at radius 3 is 2.43 bits per heavy atom. The van der Waals surface area contributed by atoms with E-state index in [1.165, 1.54) is 11.1 Å². The lowest BCUT2D eigenvalue weighted by Gasteiger charge is -2.32. The normalized spacial score (nSPS) is 15.6. The Bertz CT molecular complexity index is 425. The third kappa shape index (κ3) is 5.68. The van der Waals surface area contributed by atoms with Crippen LogP contribution < -0.4 is 5.32 Å². The topological polar surface area (TPSA) is 32.3 Å². The molecule has 1 N–H and O–H groups in total. The van der Waals surface area contributed by atoms with Crippen LogP contribution in [0.2, 0.25) is 0 Å². The third-order valence-corrected chi connectivity index (χ3v) is 4.21. The molecule has 2 rings (SSSR count). The maximum absolute atomic E-state index is 12.2. The number of hydrogen-bond acceptors (Lipinski definition) is 2. The second-order valence-corrected chi connectivity index (χ2v) is 5.87. The highest BCUT2D eigenvalue weighted by Gasteiger charge is 2.21. The molecule has 0 bridgehead atoms. The van der Waals surface area contributed by atoms with Gasteiger partial charge in [0.05, 0.1) is 0 Å². The van der Waals surface area contributed by atoms with Crippen LogP contribution in [0.4, 0.5) is 0 Å². The molecule has 1 amide bonds. The van der Waals surface area contributed by atoms with Crippen LogP contribution in [0.3, 0.4) is 0 Å². The molecule has 1 aliphatic rings. The lowest BCUT2D eigenvalue weighted by atomic mass is 9.96. The van der Waals surface area contributed by atoms with E-state index in [-0.39, 0.29) is 12.4 Å². The van der Waals surface area contributed by atoms with Gasteiger partial charge in [0.15, 0.2) is 0 Å². The molecular weight excluding hydrogens is 284 g/mol.